The van der Waals surface area contributed by atoms with E-state index in [-0.39, 0.29) is 18.1 Å². The summed E-state index contributed by atoms with van der Waals surface area (Å²) in [6, 6.07) is 5.60. The van der Waals surface area contributed by atoms with Crippen LogP contribution in [0.1, 0.15) is 21.6 Å². The van der Waals surface area contributed by atoms with Crippen LogP contribution in [0.4, 0.5) is 5.69 Å². The van der Waals surface area contributed by atoms with Crippen molar-refractivity contribution in [1.29, 1.82) is 0 Å². The van der Waals surface area contributed by atoms with Crippen molar-refractivity contribution in [2.24, 2.45) is 0 Å². The van der Waals surface area contributed by atoms with Gasteiger partial charge in [0.05, 0.1) is 6.54 Å². The topological polar surface area (TPSA) is 107 Å². The Kier molecular flexibility index (Phi) is 4.22. The largest absolute Gasteiger partial charge is 0.342 e. The molecule has 0 bridgehead atoms. The van der Waals surface area contributed by atoms with E-state index in [4.69, 9.17) is 0 Å². The van der Waals surface area contributed by atoms with Gasteiger partial charge >= 0.3 is 5.69 Å². The van der Waals surface area contributed by atoms with E-state index in [0.717, 1.165) is 11.1 Å². The molecule has 1 aromatic heterocycles. The van der Waals surface area contributed by atoms with E-state index in [9.17, 15) is 14.4 Å². The number of nitrogens with one attached hydrogen (secondary N) is 4. The third kappa shape index (κ3) is 3.59. The van der Waals surface area contributed by atoms with Crippen molar-refractivity contribution in [1.82, 2.24) is 15.3 Å². The first-order chi connectivity index (χ1) is 9.97. The maximum atomic E-state index is 11.8. The number of aromatic amines is 2. The zero-order chi connectivity index (χ0) is 15.4. The number of H-pyrrole nitrogens is 2. The van der Waals surface area contributed by atoms with Gasteiger partial charge in [0.1, 0.15) is 5.69 Å². The summed E-state index contributed by atoms with van der Waals surface area (Å²) in [5, 5.41) is 5.15. The summed E-state index contributed by atoms with van der Waals surface area (Å²) in [7, 11) is 0. The molecule has 1 aromatic carbocycles. The molecule has 0 spiro atoms. The predicted octanol–water partition coefficient (Wildman–Crippen LogP) is 0.688. The molecule has 0 unspecified atom stereocenters. The highest BCUT2D eigenvalue weighted by molar-refractivity contribution is 5.98. The van der Waals surface area contributed by atoms with E-state index < -0.39 is 11.6 Å². The average Bonchev–Trinajstić information content (AvgIpc) is 2.88. The van der Waals surface area contributed by atoms with Gasteiger partial charge in [-0.15, -0.1) is 0 Å². The van der Waals surface area contributed by atoms with E-state index in [2.05, 4.69) is 20.6 Å². The van der Waals surface area contributed by atoms with Crippen LogP contribution >= 0.6 is 0 Å². The molecule has 2 aromatic rings. The van der Waals surface area contributed by atoms with E-state index >= 15 is 0 Å². The minimum Gasteiger partial charge on any atom is -0.342 e. The Hall–Kier alpha value is -2.83. The number of imidazole rings is 1. The minimum absolute atomic E-state index is 0.0829. The van der Waals surface area contributed by atoms with Crippen LogP contribution < -0.4 is 16.3 Å². The number of carbonyl (C=O) groups excluding carboxylic acids is 2. The van der Waals surface area contributed by atoms with Gasteiger partial charge in [-0.3, -0.25) is 9.59 Å². The third-order valence-electron chi connectivity index (χ3n) is 3.13. The molecule has 2 amide bonds. The molecular weight excluding hydrogens is 272 g/mol. The average molecular weight is 288 g/mol. The first kappa shape index (κ1) is 14.6. The SMILES string of the molecule is Cc1cccc(NC(=O)CNC(=O)c2c[nH]c(=O)[nH]2)c1C. The highest BCUT2D eigenvalue weighted by Crippen LogP contribution is 2.17. The Morgan fingerprint density at radius 2 is 2.00 bits per heavy atom. The molecule has 0 aliphatic rings. The van der Waals surface area contributed by atoms with Gasteiger partial charge in [-0.05, 0) is 31.0 Å². The van der Waals surface area contributed by atoms with Crippen molar-refractivity contribution in [3.05, 3.63) is 51.7 Å². The number of aryl methyl sites for hydroxylation is 1. The van der Waals surface area contributed by atoms with Gasteiger partial charge in [0.2, 0.25) is 5.91 Å². The summed E-state index contributed by atoms with van der Waals surface area (Å²) in [6.07, 6.45) is 1.25. The monoisotopic (exact) mass is 288 g/mol. The third-order valence-corrected chi connectivity index (χ3v) is 3.13. The lowest BCUT2D eigenvalue weighted by Gasteiger charge is -2.10. The number of rotatable bonds is 4. The van der Waals surface area contributed by atoms with Crippen LogP contribution in [0.5, 0.6) is 0 Å². The molecule has 2 rings (SSSR count). The molecule has 0 aliphatic carbocycles. The molecule has 0 atom stereocenters. The smallest absolute Gasteiger partial charge is 0.323 e. The van der Waals surface area contributed by atoms with Crippen molar-refractivity contribution in [3.63, 3.8) is 0 Å². The number of hydrogen-bond donors (Lipinski definition) is 4. The van der Waals surface area contributed by atoms with Crippen LogP contribution in [-0.2, 0) is 4.79 Å². The molecule has 110 valence electrons. The van der Waals surface area contributed by atoms with Gasteiger partial charge in [-0.1, -0.05) is 12.1 Å². The fraction of sp³-hybridized carbons (Fsp3) is 0.214. The lowest BCUT2D eigenvalue weighted by Crippen LogP contribution is -2.33. The van der Waals surface area contributed by atoms with E-state index in [0.29, 0.717) is 5.69 Å². The fourth-order valence-corrected chi connectivity index (χ4v) is 1.79. The molecule has 4 N–H and O–H groups in total. The van der Waals surface area contributed by atoms with Gasteiger partial charge in [0, 0.05) is 11.9 Å². The van der Waals surface area contributed by atoms with Crippen LogP contribution in [0.25, 0.3) is 0 Å². The molecule has 0 aliphatic heterocycles. The summed E-state index contributed by atoms with van der Waals surface area (Å²) in [4.78, 5) is 39.0. The van der Waals surface area contributed by atoms with Gasteiger partial charge in [-0.25, -0.2) is 4.79 Å². The van der Waals surface area contributed by atoms with Crippen molar-refractivity contribution in [2.75, 3.05) is 11.9 Å². The molecule has 0 radical (unpaired) electrons. The summed E-state index contributed by atoms with van der Waals surface area (Å²) >= 11 is 0. The number of hydrogen-bond acceptors (Lipinski definition) is 3. The standard InChI is InChI=1S/C14H16N4O3/c1-8-4-3-5-10(9(8)2)17-12(19)7-15-13(20)11-6-16-14(21)18-11/h3-6H,7H2,1-2H3,(H,15,20)(H,17,19)(H2,16,18,21). The fourth-order valence-electron chi connectivity index (χ4n) is 1.79. The van der Waals surface area contributed by atoms with Crippen LogP contribution in [0.3, 0.4) is 0 Å². The predicted molar refractivity (Wildman–Crippen MR) is 78.3 cm³/mol. The number of carbonyl (C=O) groups is 2. The second kappa shape index (κ2) is 6.08. The molecule has 0 fully saturated rings. The van der Waals surface area contributed by atoms with Gasteiger partial charge in [0.25, 0.3) is 5.91 Å². The number of anilines is 1. The lowest BCUT2D eigenvalue weighted by molar-refractivity contribution is -0.115. The second-order valence-corrected chi connectivity index (χ2v) is 4.63. The molecule has 21 heavy (non-hydrogen) atoms. The zero-order valence-corrected chi connectivity index (χ0v) is 11.7. The van der Waals surface area contributed by atoms with E-state index in [1.165, 1.54) is 6.20 Å². The highest BCUT2D eigenvalue weighted by Gasteiger charge is 2.10. The first-order valence-corrected chi connectivity index (χ1v) is 6.39. The van der Waals surface area contributed by atoms with Crippen molar-refractivity contribution in [2.45, 2.75) is 13.8 Å². The van der Waals surface area contributed by atoms with Crippen LogP contribution in [0, 0.1) is 13.8 Å². The molecule has 7 heteroatoms. The summed E-state index contributed by atoms with van der Waals surface area (Å²) < 4.78 is 0. The van der Waals surface area contributed by atoms with E-state index in [1.54, 1.807) is 6.07 Å². The Bertz CT molecular complexity index is 730. The number of amides is 2. The first-order valence-electron chi connectivity index (χ1n) is 6.39. The van der Waals surface area contributed by atoms with Crippen LogP contribution in [0.15, 0.2) is 29.2 Å². The Morgan fingerprint density at radius 1 is 1.24 bits per heavy atom. The lowest BCUT2D eigenvalue weighted by atomic mass is 10.1. The quantitative estimate of drug-likeness (QED) is 0.664. The zero-order valence-electron chi connectivity index (χ0n) is 11.7. The maximum Gasteiger partial charge on any atom is 0.323 e. The van der Waals surface area contributed by atoms with Gasteiger partial charge < -0.3 is 20.6 Å². The normalized spacial score (nSPS) is 10.2. The number of aromatic nitrogens is 2. The van der Waals surface area contributed by atoms with Crippen LogP contribution in [0.2, 0.25) is 0 Å². The molecule has 0 saturated heterocycles. The van der Waals surface area contributed by atoms with Crippen molar-refractivity contribution < 1.29 is 9.59 Å². The van der Waals surface area contributed by atoms with Gasteiger partial charge in [0.15, 0.2) is 0 Å². The Labute approximate surface area is 120 Å². The molecule has 1 heterocycles. The molecular formula is C14H16N4O3. The van der Waals surface area contributed by atoms with Crippen molar-refractivity contribution in [3.8, 4) is 0 Å². The molecule has 0 saturated carbocycles. The van der Waals surface area contributed by atoms with Crippen molar-refractivity contribution >= 4 is 17.5 Å². The summed E-state index contributed by atoms with van der Waals surface area (Å²) in [6.45, 7) is 3.68. The Morgan fingerprint density at radius 3 is 2.67 bits per heavy atom. The highest BCUT2D eigenvalue weighted by atomic mass is 16.2. The minimum atomic E-state index is -0.524. The van der Waals surface area contributed by atoms with Gasteiger partial charge in [-0.2, -0.15) is 0 Å². The second-order valence-electron chi connectivity index (χ2n) is 4.63. The van der Waals surface area contributed by atoms with Crippen LogP contribution in [-0.4, -0.2) is 28.3 Å². The summed E-state index contributed by atoms with van der Waals surface area (Å²) in [5.74, 6) is -0.862. The summed E-state index contributed by atoms with van der Waals surface area (Å²) in [5.41, 5.74) is 2.37. The maximum absolute atomic E-state index is 11.8. The Balaban J connectivity index is 1.92. The number of benzene rings is 1. The molecule has 7 nitrogen and oxygen atoms in total. The van der Waals surface area contributed by atoms with E-state index in [1.807, 2.05) is 26.0 Å².